The number of nitrogens with zero attached hydrogens (tertiary/aromatic N) is 1. The largest absolute Gasteiger partial charge is 0.350 e. The first-order valence-electron chi connectivity index (χ1n) is 8.34. The van der Waals surface area contributed by atoms with Crippen LogP contribution >= 0.6 is 22.7 Å². The van der Waals surface area contributed by atoms with Crippen LogP contribution in [0.4, 0.5) is 0 Å². The maximum Gasteiger partial charge on any atom is 0.268 e. The zero-order chi connectivity index (χ0) is 16.5. The number of likely N-dealkylation sites (tertiary alicyclic amines) is 1. The average molecular weight is 360 g/mol. The number of thiophene rings is 2. The molecular weight excluding hydrogens is 338 g/mol. The lowest BCUT2D eigenvalue weighted by Crippen LogP contribution is -2.22. The van der Waals surface area contributed by atoms with Crippen molar-refractivity contribution >= 4 is 38.8 Å². The molecule has 0 unspecified atom stereocenters. The summed E-state index contributed by atoms with van der Waals surface area (Å²) in [5, 5.41) is 5.02. The Hall–Kier alpha value is -1.63. The summed E-state index contributed by atoms with van der Waals surface area (Å²) < 4.78 is 1.18. The van der Waals surface area contributed by atoms with E-state index in [4.69, 9.17) is 0 Å². The van der Waals surface area contributed by atoms with Gasteiger partial charge in [-0.3, -0.25) is 9.69 Å². The topological polar surface area (TPSA) is 48.1 Å². The van der Waals surface area contributed by atoms with Gasteiger partial charge in [-0.15, -0.1) is 22.7 Å². The SMILES string of the molecule is Cc1sc2cc(C(=O)NCc3cccs3)[nH]c2c1CN1CCCC1. The Morgan fingerprint density at radius 3 is 2.96 bits per heavy atom. The molecular formula is C18H21N3OS2. The van der Waals surface area contributed by atoms with Crippen molar-refractivity contribution in [2.24, 2.45) is 0 Å². The summed E-state index contributed by atoms with van der Waals surface area (Å²) in [6.07, 6.45) is 2.60. The Morgan fingerprint density at radius 2 is 2.21 bits per heavy atom. The maximum absolute atomic E-state index is 12.4. The summed E-state index contributed by atoms with van der Waals surface area (Å²) in [5.41, 5.74) is 3.16. The van der Waals surface area contributed by atoms with Gasteiger partial charge < -0.3 is 10.3 Å². The van der Waals surface area contributed by atoms with E-state index in [1.807, 2.05) is 23.6 Å². The molecule has 0 saturated carbocycles. The first kappa shape index (κ1) is 15.9. The number of carbonyl (C=O) groups excluding carboxylic acids is 1. The average Bonchev–Trinajstić information content (AvgIpc) is 3.32. The molecule has 1 aliphatic heterocycles. The molecule has 2 N–H and O–H groups in total. The summed E-state index contributed by atoms with van der Waals surface area (Å²) >= 11 is 3.44. The van der Waals surface area contributed by atoms with Gasteiger partial charge in [0, 0.05) is 21.9 Å². The molecule has 0 atom stereocenters. The lowest BCUT2D eigenvalue weighted by molar-refractivity contribution is 0.0947. The molecule has 0 aromatic carbocycles. The van der Waals surface area contributed by atoms with Crippen LogP contribution in [0, 0.1) is 6.92 Å². The zero-order valence-corrected chi connectivity index (χ0v) is 15.4. The van der Waals surface area contributed by atoms with Gasteiger partial charge in [-0.1, -0.05) is 6.07 Å². The van der Waals surface area contributed by atoms with Crippen molar-refractivity contribution in [3.63, 3.8) is 0 Å². The molecule has 24 heavy (non-hydrogen) atoms. The Bertz CT molecular complexity index is 841. The van der Waals surface area contributed by atoms with Crippen molar-refractivity contribution in [2.75, 3.05) is 13.1 Å². The van der Waals surface area contributed by atoms with Crippen molar-refractivity contribution in [2.45, 2.75) is 32.9 Å². The van der Waals surface area contributed by atoms with Crippen LogP contribution in [0.5, 0.6) is 0 Å². The van der Waals surface area contributed by atoms with Gasteiger partial charge in [0.15, 0.2) is 0 Å². The van der Waals surface area contributed by atoms with Gasteiger partial charge in [0.1, 0.15) is 5.69 Å². The number of hydrogen-bond donors (Lipinski definition) is 2. The van der Waals surface area contributed by atoms with Gasteiger partial charge in [-0.2, -0.15) is 0 Å². The molecule has 1 saturated heterocycles. The van der Waals surface area contributed by atoms with Crippen molar-refractivity contribution in [3.8, 4) is 0 Å². The van der Waals surface area contributed by atoms with Crippen LogP contribution < -0.4 is 5.32 Å². The number of fused-ring (bicyclic) bond motifs is 1. The smallest absolute Gasteiger partial charge is 0.268 e. The van der Waals surface area contributed by atoms with Crippen LogP contribution in [0.1, 0.15) is 38.6 Å². The first-order chi connectivity index (χ1) is 11.7. The zero-order valence-electron chi connectivity index (χ0n) is 13.7. The molecule has 4 rings (SSSR count). The van der Waals surface area contributed by atoms with Crippen molar-refractivity contribution in [1.29, 1.82) is 0 Å². The molecule has 0 radical (unpaired) electrons. The molecule has 0 spiro atoms. The molecule has 0 bridgehead atoms. The fraction of sp³-hybridized carbons (Fsp3) is 0.389. The number of amides is 1. The second-order valence-corrected chi connectivity index (χ2v) is 8.59. The Labute approximate surface area is 149 Å². The number of rotatable bonds is 5. The second kappa shape index (κ2) is 6.70. The van der Waals surface area contributed by atoms with Crippen molar-refractivity contribution in [3.05, 3.63) is 44.6 Å². The van der Waals surface area contributed by atoms with Crippen molar-refractivity contribution in [1.82, 2.24) is 15.2 Å². The van der Waals surface area contributed by atoms with Gasteiger partial charge in [-0.05, 0) is 50.4 Å². The molecule has 3 aromatic heterocycles. The number of aromatic amines is 1. The third kappa shape index (κ3) is 3.14. The highest BCUT2D eigenvalue weighted by molar-refractivity contribution is 7.19. The van der Waals surface area contributed by atoms with Crippen LogP contribution in [0.25, 0.3) is 10.2 Å². The van der Waals surface area contributed by atoms with Crippen LogP contribution in [-0.4, -0.2) is 28.9 Å². The Kier molecular flexibility index (Phi) is 4.43. The van der Waals surface area contributed by atoms with E-state index in [0.29, 0.717) is 12.2 Å². The van der Waals surface area contributed by atoms with Gasteiger partial charge in [0.2, 0.25) is 0 Å². The van der Waals surface area contributed by atoms with E-state index >= 15 is 0 Å². The number of H-pyrrole nitrogens is 1. The summed E-state index contributed by atoms with van der Waals surface area (Å²) in [7, 11) is 0. The van der Waals surface area contributed by atoms with Crippen molar-refractivity contribution < 1.29 is 4.79 Å². The van der Waals surface area contributed by atoms with E-state index in [2.05, 4.69) is 22.1 Å². The molecule has 1 aliphatic rings. The van der Waals surface area contributed by atoms with Gasteiger partial charge in [0.25, 0.3) is 5.91 Å². The maximum atomic E-state index is 12.4. The lowest BCUT2D eigenvalue weighted by atomic mass is 10.2. The molecule has 4 heterocycles. The first-order valence-corrected chi connectivity index (χ1v) is 10.0. The molecule has 1 amide bonds. The minimum Gasteiger partial charge on any atom is -0.350 e. The summed E-state index contributed by atoms with van der Waals surface area (Å²) in [6.45, 7) is 6.13. The third-order valence-corrected chi connectivity index (χ3v) is 6.57. The van der Waals surface area contributed by atoms with Gasteiger partial charge in [0.05, 0.1) is 16.8 Å². The van der Waals surface area contributed by atoms with E-state index in [1.165, 1.54) is 45.9 Å². The molecule has 1 fully saturated rings. The summed E-state index contributed by atoms with van der Waals surface area (Å²) in [6, 6.07) is 6.03. The van der Waals surface area contributed by atoms with Crippen LogP contribution in [0.15, 0.2) is 23.6 Å². The standard InChI is InChI=1S/C18H21N3OS2/c1-12-14(11-21-6-2-3-7-21)17-16(24-12)9-15(20-17)18(22)19-10-13-5-4-8-23-13/h4-5,8-9,20H,2-3,6-7,10-11H2,1H3,(H,19,22). The molecule has 126 valence electrons. The van der Waals surface area contributed by atoms with Crippen LogP contribution in [0.3, 0.4) is 0 Å². The molecule has 6 heteroatoms. The highest BCUT2D eigenvalue weighted by Crippen LogP contribution is 2.32. The van der Waals surface area contributed by atoms with Gasteiger partial charge >= 0.3 is 0 Å². The van der Waals surface area contributed by atoms with E-state index in [0.717, 1.165) is 12.1 Å². The third-order valence-electron chi connectivity index (χ3n) is 4.60. The number of carbonyl (C=O) groups is 1. The fourth-order valence-electron chi connectivity index (χ4n) is 3.30. The highest BCUT2D eigenvalue weighted by Gasteiger charge is 2.19. The fourth-order valence-corrected chi connectivity index (χ4v) is 5.01. The number of hydrogen-bond acceptors (Lipinski definition) is 4. The summed E-state index contributed by atoms with van der Waals surface area (Å²) in [5.74, 6) is -0.0309. The number of aromatic nitrogens is 1. The molecule has 4 nitrogen and oxygen atoms in total. The van der Waals surface area contributed by atoms with E-state index < -0.39 is 0 Å². The van der Waals surface area contributed by atoms with Crippen LogP contribution in [-0.2, 0) is 13.1 Å². The minimum absolute atomic E-state index is 0.0309. The Balaban J connectivity index is 1.52. The number of nitrogens with one attached hydrogen (secondary N) is 2. The Morgan fingerprint density at radius 1 is 1.38 bits per heavy atom. The predicted octanol–water partition coefficient (Wildman–Crippen LogP) is 4.13. The number of aryl methyl sites for hydroxylation is 1. The molecule has 0 aliphatic carbocycles. The monoisotopic (exact) mass is 359 g/mol. The minimum atomic E-state index is -0.0309. The van der Waals surface area contributed by atoms with Crippen LogP contribution in [0.2, 0.25) is 0 Å². The summed E-state index contributed by atoms with van der Waals surface area (Å²) in [4.78, 5) is 20.8. The second-order valence-electron chi connectivity index (χ2n) is 6.30. The predicted molar refractivity (Wildman–Crippen MR) is 101 cm³/mol. The van der Waals surface area contributed by atoms with E-state index in [9.17, 15) is 4.79 Å². The highest BCUT2D eigenvalue weighted by atomic mass is 32.1. The van der Waals surface area contributed by atoms with Gasteiger partial charge in [-0.25, -0.2) is 0 Å². The quantitative estimate of drug-likeness (QED) is 0.720. The molecule has 3 aromatic rings. The lowest BCUT2D eigenvalue weighted by Gasteiger charge is -2.14. The van der Waals surface area contributed by atoms with E-state index in [1.54, 1.807) is 22.7 Å². The normalized spacial score (nSPS) is 15.4. The van der Waals surface area contributed by atoms with E-state index in [-0.39, 0.29) is 5.91 Å².